The summed E-state index contributed by atoms with van der Waals surface area (Å²) in [7, 11) is 1.66. The van der Waals surface area contributed by atoms with Crippen LogP contribution in [-0.2, 0) is 7.05 Å². The van der Waals surface area contributed by atoms with Gasteiger partial charge in [-0.25, -0.2) is 14.4 Å². The maximum absolute atomic E-state index is 14.8. The molecule has 10 heteroatoms. The summed E-state index contributed by atoms with van der Waals surface area (Å²) >= 11 is 0. The van der Waals surface area contributed by atoms with E-state index in [-0.39, 0.29) is 22.6 Å². The number of halogens is 1. The number of hydrogen-bond acceptors (Lipinski definition) is 7. The average Bonchev–Trinajstić information content (AvgIpc) is 3.15. The fraction of sp³-hybridized carbons (Fsp3) is 0.304. The van der Waals surface area contributed by atoms with Crippen molar-refractivity contribution in [3.63, 3.8) is 0 Å². The molecule has 0 saturated carbocycles. The maximum Gasteiger partial charge on any atom is 0.268 e. The topological polar surface area (TPSA) is 122 Å². The monoisotopic (exact) mass is 449 g/mol. The molecule has 0 radical (unpaired) electrons. The van der Waals surface area contributed by atoms with Crippen LogP contribution in [0.1, 0.15) is 24.3 Å². The molecule has 3 heterocycles. The van der Waals surface area contributed by atoms with E-state index in [2.05, 4.69) is 39.1 Å². The summed E-state index contributed by atoms with van der Waals surface area (Å²) in [5.41, 5.74) is 7.18. The molecule has 5 rings (SSSR count). The molecule has 4 aromatic rings. The summed E-state index contributed by atoms with van der Waals surface area (Å²) in [5.74, 6) is -2.22. The van der Waals surface area contributed by atoms with E-state index >= 15 is 0 Å². The molecule has 2 aromatic heterocycles. The van der Waals surface area contributed by atoms with Crippen LogP contribution in [0.4, 0.5) is 10.1 Å². The number of anilines is 1. The van der Waals surface area contributed by atoms with Gasteiger partial charge < -0.3 is 21.1 Å². The highest BCUT2D eigenvalue weighted by molar-refractivity contribution is 6.05. The number of nitrogens with zero attached hydrogens (tertiary/aromatic N) is 5. The van der Waals surface area contributed by atoms with Gasteiger partial charge in [-0.15, -0.1) is 0 Å². The van der Waals surface area contributed by atoms with Crippen LogP contribution in [0.15, 0.2) is 30.5 Å². The molecule has 170 valence electrons. The van der Waals surface area contributed by atoms with Crippen LogP contribution in [0.5, 0.6) is 5.75 Å². The summed E-state index contributed by atoms with van der Waals surface area (Å²) in [6, 6.07) is 7.76. The lowest BCUT2D eigenvalue weighted by atomic mass is 10.1. The number of phenols is 1. The Morgan fingerprint density at radius 2 is 1.94 bits per heavy atom. The van der Waals surface area contributed by atoms with E-state index < -0.39 is 17.5 Å². The standard InChI is InChI=1S/C23H24FN7O2/c1-11-8-31(9-12(2)26-11)14-4-5-17-15(7-14)20(22(25)33)28-23(27-17)16-6-13-10-30(3)29-19(13)18(24)21(16)32/h4-7,10-12,26,32H,8-9H2,1-3H3,(H2,25,33)/t11-,12-/m1/s1. The fourth-order valence-electron chi connectivity index (χ4n) is 4.57. The first kappa shape index (κ1) is 21.1. The largest absolute Gasteiger partial charge is 0.504 e. The van der Waals surface area contributed by atoms with Crippen molar-refractivity contribution < 1.29 is 14.3 Å². The Morgan fingerprint density at radius 3 is 2.64 bits per heavy atom. The summed E-state index contributed by atoms with van der Waals surface area (Å²) in [4.78, 5) is 23.4. The number of primary amides is 1. The van der Waals surface area contributed by atoms with Crippen LogP contribution in [0.2, 0.25) is 0 Å². The molecule has 33 heavy (non-hydrogen) atoms. The van der Waals surface area contributed by atoms with Gasteiger partial charge in [0.15, 0.2) is 17.4 Å². The van der Waals surface area contributed by atoms with E-state index in [0.717, 1.165) is 18.8 Å². The Labute approximate surface area is 189 Å². The molecule has 0 spiro atoms. The Balaban J connectivity index is 1.66. The molecule has 1 aliphatic rings. The Kier molecular flexibility index (Phi) is 4.89. The Hall–Kier alpha value is -3.79. The second kappa shape index (κ2) is 7.66. The second-order valence-electron chi connectivity index (χ2n) is 8.66. The minimum atomic E-state index is -0.871. The number of phenolic OH excluding ortho intramolecular Hbond substituents is 1. The van der Waals surface area contributed by atoms with E-state index in [4.69, 9.17) is 5.73 Å². The van der Waals surface area contributed by atoms with Gasteiger partial charge in [-0.1, -0.05) is 0 Å². The molecule has 1 fully saturated rings. The van der Waals surface area contributed by atoms with Crippen LogP contribution in [0.3, 0.4) is 0 Å². The molecular weight excluding hydrogens is 425 g/mol. The first-order chi connectivity index (χ1) is 15.7. The Bertz CT molecular complexity index is 1410. The highest BCUT2D eigenvalue weighted by atomic mass is 19.1. The molecular formula is C23H24FN7O2. The Morgan fingerprint density at radius 1 is 1.21 bits per heavy atom. The quantitative estimate of drug-likeness (QED) is 0.439. The van der Waals surface area contributed by atoms with Gasteiger partial charge in [0.05, 0.1) is 11.1 Å². The molecule has 0 unspecified atom stereocenters. The van der Waals surface area contributed by atoms with Crippen LogP contribution >= 0.6 is 0 Å². The number of nitrogens with two attached hydrogens (primary N) is 1. The van der Waals surface area contributed by atoms with Gasteiger partial charge in [0.25, 0.3) is 5.91 Å². The number of carbonyl (C=O) groups is 1. The van der Waals surface area contributed by atoms with E-state index in [1.54, 1.807) is 25.4 Å². The van der Waals surface area contributed by atoms with Crippen molar-refractivity contribution in [2.75, 3.05) is 18.0 Å². The minimum absolute atomic E-state index is 0.00983. The molecule has 1 saturated heterocycles. The van der Waals surface area contributed by atoms with Crippen molar-refractivity contribution in [1.29, 1.82) is 0 Å². The number of carbonyl (C=O) groups excluding carboxylic acids is 1. The number of amides is 1. The molecule has 2 atom stereocenters. The predicted molar refractivity (Wildman–Crippen MR) is 124 cm³/mol. The number of hydrogen-bond donors (Lipinski definition) is 3. The van der Waals surface area contributed by atoms with Crippen LogP contribution in [0.25, 0.3) is 33.2 Å². The first-order valence-corrected chi connectivity index (χ1v) is 10.7. The zero-order valence-corrected chi connectivity index (χ0v) is 18.5. The average molecular weight is 449 g/mol. The third-order valence-electron chi connectivity index (χ3n) is 5.90. The second-order valence-corrected chi connectivity index (χ2v) is 8.66. The van der Waals surface area contributed by atoms with Gasteiger partial charge in [0, 0.05) is 54.9 Å². The molecule has 1 amide bonds. The predicted octanol–water partition coefficient (Wildman–Crippen LogP) is 2.31. The molecule has 2 aromatic carbocycles. The molecule has 9 nitrogen and oxygen atoms in total. The summed E-state index contributed by atoms with van der Waals surface area (Å²) in [6.07, 6.45) is 1.62. The molecule has 0 aliphatic carbocycles. The van der Waals surface area contributed by atoms with E-state index in [1.807, 2.05) is 12.1 Å². The highest BCUT2D eigenvalue weighted by Crippen LogP contribution is 2.36. The molecule has 4 N–H and O–H groups in total. The number of fused-ring (bicyclic) bond motifs is 2. The number of nitrogens with one attached hydrogen (secondary N) is 1. The fourth-order valence-corrected chi connectivity index (χ4v) is 4.57. The van der Waals surface area contributed by atoms with Crippen molar-refractivity contribution in [3.05, 3.63) is 42.0 Å². The molecule has 1 aliphatic heterocycles. The van der Waals surface area contributed by atoms with Gasteiger partial charge >= 0.3 is 0 Å². The summed E-state index contributed by atoms with van der Waals surface area (Å²) in [5, 5.41) is 19.0. The third kappa shape index (κ3) is 3.62. The zero-order chi connectivity index (χ0) is 23.4. The van der Waals surface area contributed by atoms with Crippen LogP contribution in [0, 0.1) is 5.82 Å². The number of aryl methyl sites for hydroxylation is 1. The van der Waals surface area contributed by atoms with Crippen molar-refractivity contribution in [3.8, 4) is 17.1 Å². The van der Waals surface area contributed by atoms with Gasteiger partial charge in [-0.3, -0.25) is 9.48 Å². The van der Waals surface area contributed by atoms with Crippen molar-refractivity contribution in [2.24, 2.45) is 12.8 Å². The normalized spacial score (nSPS) is 18.8. The summed E-state index contributed by atoms with van der Waals surface area (Å²) < 4.78 is 16.2. The third-order valence-corrected chi connectivity index (χ3v) is 5.90. The lowest BCUT2D eigenvalue weighted by Gasteiger charge is -2.37. The van der Waals surface area contributed by atoms with Gasteiger partial charge in [0.1, 0.15) is 11.2 Å². The number of rotatable bonds is 3. The number of benzene rings is 2. The van der Waals surface area contributed by atoms with Crippen molar-refractivity contribution in [2.45, 2.75) is 25.9 Å². The van der Waals surface area contributed by atoms with Gasteiger partial charge in [0.2, 0.25) is 0 Å². The lowest BCUT2D eigenvalue weighted by molar-refractivity contribution is 0.0997. The molecule has 0 bridgehead atoms. The highest BCUT2D eigenvalue weighted by Gasteiger charge is 2.24. The van der Waals surface area contributed by atoms with E-state index in [1.165, 1.54) is 4.68 Å². The SMILES string of the molecule is C[C@@H]1CN(c2ccc3nc(-c4cc5cn(C)nc5c(F)c4O)nc(C(N)=O)c3c2)C[C@@H](C)N1. The van der Waals surface area contributed by atoms with E-state index in [9.17, 15) is 14.3 Å². The number of piperazine rings is 1. The maximum atomic E-state index is 14.8. The smallest absolute Gasteiger partial charge is 0.268 e. The van der Waals surface area contributed by atoms with Crippen LogP contribution < -0.4 is 16.0 Å². The summed E-state index contributed by atoms with van der Waals surface area (Å²) in [6.45, 7) is 5.88. The van der Waals surface area contributed by atoms with Crippen molar-refractivity contribution in [1.82, 2.24) is 25.1 Å². The van der Waals surface area contributed by atoms with E-state index in [0.29, 0.717) is 28.4 Å². The minimum Gasteiger partial charge on any atom is -0.504 e. The van der Waals surface area contributed by atoms with Crippen molar-refractivity contribution >= 4 is 33.4 Å². The van der Waals surface area contributed by atoms with Gasteiger partial charge in [-0.05, 0) is 38.1 Å². The first-order valence-electron chi connectivity index (χ1n) is 10.7. The number of aromatic nitrogens is 4. The lowest BCUT2D eigenvalue weighted by Crippen LogP contribution is -2.54. The zero-order valence-electron chi connectivity index (χ0n) is 18.5. The number of aromatic hydroxyl groups is 1. The van der Waals surface area contributed by atoms with Gasteiger partial charge in [-0.2, -0.15) is 5.10 Å². The van der Waals surface area contributed by atoms with Crippen LogP contribution in [-0.4, -0.2) is 55.9 Å².